The van der Waals surface area contributed by atoms with Crippen molar-refractivity contribution in [1.82, 2.24) is 15.3 Å². The van der Waals surface area contributed by atoms with Crippen LogP contribution in [0.25, 0.3) is 0 Å². The minimum Gasteiger partial charge on any atom is -0.481 e. The quantitative estimate of drug-likeness (QED) is 0.330. The van der Waals surface area contributed by atoms with Crippen molar-refractivity contribution in [3.05, 3.63) is 51.3 Å². The second kappa shape index (κ2) is 9.28. The fraction of sp³-hybridized carbons (Fsp3) is 0.350. The molecule has 11 heteroatoms. The summed E-state index contributed by atoms with van der Waals surface area (Å²) in [5, 5.41) is 23.3. The molecule has 1 aromatic heterocycles. The van der Waals surface area contributed by atoms with Crippen molar-refractivity contribution < 1.29 is 24.6 Å². The van der Waals surface area contributed by atoms with Gasteiger partial charge in [-0.15, -0.1) is 0 Å². The number of carbonyl (C=O) groups is 3. The van der Waals surface area contributed by atoms with Crippen LogP contribution in [0.5, 0.6) is 0 Å². The molecule has 0 unspecified atom stereocenters. The van der Waals surface area contributed by atoms with E-state index in [4.69, 9.17) is 15.9 Å². The lowest BCUT2D eigenvalue weighted by atomic mass is 9.95. The number of hydrogen-bond acceptors (Lipinski definition) is 7. The van der Waals surface area contributed by atoms with E-state index in [0.717, 1.165) is 5.56 Å². The van der Waals surface area contributed by atoms with Crippen molar-refractivity contribution in [1.29, 1.82) is 0 Å². The second-order valence-electron chi connectivity index (χ2n) is 7.32. The van der Waals surface area contributed by atoms with Crippen LogP contribution in [0, 0.1) is 0 Å². The summed E-state index contributed by atoms with van der Waals surface area (Å²) < 4.78 is 0. The van der Waals surface area contributed by atoms with Crippen LogP contribution < -0.4 is 21.9 Å². The van der Waals surface area contributed by atoms with Crippen LogP contribution in [0.3, 0.4) is 0 Å². The average Bonchev–Trinajstić information content (AvgIpc) is 3.12. The van der Waals surface area contributed by atoms with Crippen LogP contribution in [-0.4, -0.2) is 50.6 Å². The Morgan fingerprint density at radius 3 is 2.58 bits per heavy atom. The van der Waals surface area contributed by atoms with Crippen LogP contribution in [0.4, 0.5) is 11.8 Å². The molecular formula is C20H23N5O6. The van der Waals surface area contributed by atoms with Crippen LogP contribution in [0.1, 0.15) is 46.7 Å². The molecule has 11 nitrogen and oxygen atoms in total. The van der Waals surface area contributed by atoms with Crippen molar-refractivity contribution >= 4 is 29.6 Å². The minimum absolute atomic E-state index is 0.0135. The summed E-state index contributed by atoms with van der Waals surface area (Å²) in [4.78, 5) is 52.9. The molecule has 0 radical (unpaired) electrons. The molecule has 164 valence electrons. The number of rotatable bonds is 9. The van der Waals surface area contributed by atoms with E-state index in [-0.39, 0.29) is 35.8 Å². The summed E-state index contributed by atoms with van der Waals surface area (Å²) in [6.45, 7) is 0.586. The lowest BCUT2D eigenvalue weighted by molar-refractivity contribution is -0.140. The first-order valence-electron chi connectivity index (χ1n) is 9.72. The molecule has 2 heterocycles. The number of carbonyl (C=O) groups excluding carboxylic acids is 1. The fourth-order valence-electron chi connectivity index (χ4n) is 3.51. The Hall–Kier alpha value is -3.89. The van der Waals surface area contributed by atoms with Gasteiger partial charge in [0.05, 0.1) is 5.56 Å². The number of nitrogens with two attached hydrogens (primary N) is 1. The topological polar surface area (TPSA) is 187 Å². The van der Waals surface area contributed by atoms with Crippen molar-refractivity contribution in [2.24, 2.45) is 0 Å². The number of amides is 1. The van der Waals surface area contributed by atoms with Gasteiger partial charge in [-0.25, -0.2) is 4.79 Å². The molecule has 1 aliphatic heterocycles. The SMILES string of the molecule is Nc1nc2c(c(=O)[nH]1)[C@@H](CCc1ccc(C(=O)N[C@@H](CCC(=O)O)C(=O)O)cc1)CN2. The summed E-state index contributed by atoms with van der Waals surface area (Å²) >= 11 is 0. The fourth-order valence-corrected chi connectivity index (χ4v) is 3.51. The number of aliphatic carboxylic acids is 2. The number of carboxylic acid groups (broad SMARTS) is 2. The maximum absolute atomic E-state index is 12.3. The minimum atomic E-state index is -1.29. The molecule has 1 aliphatic rings. The summed E-state index contributed by atoms with van der Waals surface area (Å²) in [5.41, 5.74) is 7.12. The zero-order valence-corrected chi connectivity index (χ0v) is 16.6. The highest BCUT2D eigenvalue weighted by molar-refractivity contribution is 5.96. The summed E-state index contributed by atoms with van der Waals surface area (Å²) in [5.74, 6) is -2.45. The molecular weight excluding hydrogens is 406 g/mol. The highest BCUT2D eigenvalue weighted by atomic mass is 16.4. The summed E-state index contributed by atoms with van der Waals surface area (Å²) in [6, 6.07) is 5.40. The molecule has 0 bridgehead atoms. The number of H-pyrrole nitrogens is 1. The molecule has 31 heavy (non-hydrogen) atoms. The normalized spacial score (nSPS) is 15.5. The van der Waals surface area contributed by atoms with E-state index in [9.17, 15) is 19.2 Å². The monoisotopic (exact) mass is 429 g/mol. The van der Waals surface area contributed by atoms with E-state index in [1.165, 1.54) is 0 Å². The number of aromatic amines is 1. The van der Waals surface area contributed by atoms with Crippen LogP contribution in [0.15, 0.2) is 29.1 Å². The standard InChI is InChI=1S/C20H23N5O6/c21-20-24-16-15(18(29)25-20)12(9-22-16)6-3-10-1-4-11(5-2-10)17(28)23-13(19(30)31)7-8-14(26)27/h1-2,4-5,12-13H,3,6-9H2,(H,23,28)(H,26,27)(H,30,31)(H4,21,22,24,25,29)/t12-,13-/m0/s1. The van der Waals surface area contributed by atoms with Crippen LogP contribution >= 0.6 is 0 Å². The molecule has 1 amide bonds. The molecule has 3 rings (SSSR count). The number of carboxylic acids is 2. The van der Waals surface area contributed by atoms with Gasteiger partial charge in [-0.2, -0.15) is 4.98 Å². The van der Waals surface area contributed by atoms with Gasteiger partial charge in [0.1, 0.15) is 11.9 Å². The third-order valence-corrected chi connectivity index (χ3v) is 5.15. The molecule has 2 aromatic rings. The Bertz CT molecular complexity index is 1050. The van der Waals surface area contributed by atoms with E-state index < -0.39 is 23.9 Å². The first kappa shape index (κ1) is 21.8. The number of nitrogen functional groups attached to an aromatic ring is 1. The number of aromatic nitrogens is 2. The van der Waals surface area contributed by atoms with E-state index in [1.54, 1.807) is 24.3 Å². The lowest BCUT2D eigenvalue weighted by Crippen LogP contribution is -2.41. The predicted molar refractivity (Wildman–Crippen MR) is 111 cm³/mol. The maximum Gasteiger partial charge on any atom is 0.326 e. The number of hydrogen-bond donors (Lipinski definition) is 6. The molecule has 2 atom stereocenters. The Morgan fingerprint density at radius 2 is 1.94 bits per heavy atom. The Kier molecular flexibility index (Phi) is 6.53. The van der Waals surface area contributed by atoms with Crippen molar-refractivity contribution in [3.63, 3.8) is 0 Å². The summed E-state index contributed by atoms with van der Waals surface area (Å²) in [7, 11) is 0. The van der Waals surface area contributed by atoms with E-state index in [0.29, 0.717) is 30.8 Å². The van der Waals surface area contributed by atoms with Crippen molar-refractivity contribution in [3.8, 4) is 0 Å². The van der Waals surface area contributed by atoms with Gasteiger partial charge in [0, 0.05) is 24.4 Å². The summed E-state index contributed by atoms with van der Waals surface area (Å²) in [6.07, 6.45) is 0.787. The Labute approximate surface area is 176 Å². The molecule has 0 saturated heterocycles. The number of anilines is 2. The van der Waals surface area contributed by atoms with Gasteiger partial charge in [-0.1, -0.05) is 12.1 Å². The van der Waals surface area contributed by atoms with Crippen molar-refractivity contribution in [2.75, 3.05) is 17.6 Å². The zero-order chi connectivity index (χ0) is 22.5. The highest BCUT2D eigenvalue weighted by Crippen LogP contribution is 2.30. The molecule has 0 aliphatic carbocycles. The largest absolute Gasteiger partial charge is 0.481 e. The Morgan fingerprint density at radius 1 is 1.23 bits per heavy atom. The number of nitrogens with one attached hydrogen (secondary N) is 3. The van der Waals surface area contributed by atoms with E-state index in [2.05, 4.69) is 20.6 Å². The smallest absolute Gasteiger partial charge is 0.326 e. The van der Waals surface area contributed by atoms with Gasteiger partial charge >= 0.3 is 11.9 Å². The Balaban J connectivity index is 1.58. The molecule has 0 fully saturated rings. The number of fused-ring (bicyclic) bond motifs is 1. The maximum atomic E-state index is 12.3. The lowest BCUT2D eigenvalue weighted by Gasteiger charge is -2.14. The van der Waals surface area contributed by atoms with E-state index >= 15 is 0 Å². The number of aryl methyl sites for hydroxylation is 1. The van der Waals surface area contributed by atoms with E-state index in [1.807, 2.05) is 0 Å². The van der Waals surface area contributed by atoms with Gasteiger partial charge in [0.2, 0.25) is 5.95 Å². The molecule has 0 saturated carbocycles. The molecule has 1 aromatic carbocycles. The van der Waals surface area contributed by atoms with Crippen LogP contribution in [0.2, 0.25) is 0 Å². The molecule has 0 spiro atoms. The van der Waals surface area contributed by atoms with Gasteiger partial charge in [0.25, 0.3) is 11.5 Å². The van der Waals surface area contributed by atoms with Gasteiger partial charge < -0.3 is 26.6 Å². The third-order valence-electron chi connectivity index (χ3n) is 5.15. The van der Waals surface area contributed by atoms with Gasteiger partial charge in [0.15, 0.2) is 0 Å². The van der Waals surface area contributed by atoms with Gasteiger partial charge in [-0.05, 0) is 37.0 Å². The number of benzene rings is 1. The average molecular weight is 429 g/mol. The zero-order valence-electron chi connectivity index (χ0n) is 16.6. The molecule has 7 N–H and O–H groups in total. The highest BCUT2D eigenvalue weighted by Gasteiger charge is 2.27. The second-order valence-corrected chi connectivity index (χ2v) is 7.32. The van der Waals surface area contributed by atoms with Crippen LogP contribution in [-0.2, 0) is 16.0 Å². The predicted octanol–water partition coefficient (Wildman–Crippen LogP) is 0.542. The van der Waals surface area contributed by atoms with Gasteiger partial charge in [-0.3, -0.25) is 19.4 Å². The number of nitrogens with zero attached hydrogens (tertiary/aromatic N) is 1. The third kappa shape index (κ3) is 5.38. The first-order valence-corrected chi connectivity index (χ1v) is 9.72. The first-order chi connectivity index (χ1) is 14.7. The van der Waals surface area contributed by atoms with Crippen molar-refractivity contribution in [2.45, 2.75) is 37.6 Å².